The number of nitrogens with two attached hydrogens (primary N) is 1. The number of esters is 1. The van der Waals surface area contributed by atoms with Crippen LogP contribution in [0.25, 0.3) is 0 Å². The highest BCUT2D eigenvalue weighted by atomic mass is 35.5. The predicted molar refractivity (Wildman–Crippen MR) is 103 cm³/mol. The van der Waals surface area contributed by atoms with Crippen molar-refractivity contribution in [3.63, 3.8) is 0 Å². The average Bonchev–Trinajstić information content (AvgIpc) is 2.59. The van der Waals surface area contributed by atoms with Crippen LogP contribution >= 0.6 is 23.2 Å². The number of ether oxygens (including phenoxy) is 1. The number of primary amides is 1. The van der Waals surface area contributed by atoms with Gasteiger partial charge < -0.3 is 21.1 Å². The Morgan fingerprint density at radius 1 is 1.07 bits per heavy atom. The van der Waals surface area contributed by atoms with Gasteiger partial charge in [-0.1, -0.05) is 47.5 Å². The van der Waals surface area contributed by atoms with Crippen molar-refractivity contribution in [1.29, 1.82) is 0 Å². The highest BCUT2D eigenvalue weighted by Gasteiger charge is 2.21. The van der Waals surface area contributed by atoms with Crippen LogP contribution in [-0.2, 0) is 14.3 Å². The van der Waals surface area contributed by atoms with E-state index in [1.165, 1.54) is 0 Å². The van der Waals surface area contributed by atoms with Gasteiger partial charge in [-0.05, 0) is 29.8 Å². The molecule has 0 unspecified atom stereocenters. The molecular weight excluding hydrogens is 393 g/mol. The number of hydrogen-bond acceptors (Lipinski definition) is 4. The van der Waals surface area contributed by atoms with Gasteiger partial charge >= 0.3 is 12.0 Å². The molecule has 4 N–H and O–H groups in total. The number of rotatable bonds is 7. The minimum Gasteiger partial charge on any atom is -0.455 e. The molecule has 0 aliphatic rings. The second-order valence-electron chi connectivity index (χ2n) is 5.51. The van der Waals surface area contributed by atoms with Crippen LogP contribution < -0.4 is 16.4 Å². The van der Waals surface area contributed by atoms with Gasteiger partial charge in [0, 0.05) is 15.7 Å². The Morgan fingerprint density at radius 3 is 2.48 bits per heavy atom. The summed E-state index contributed by atoms with van der Waals surface area (Å²) in [7, 11) is 0. The van der Waals surface area contributed by atoms with Gasteiger partial charge in [-0.2, -0.15) is 0 Å². The number of anilines is 1. The van der Waals surface area contributed by atoms with Gasteiger partial charge in [0.2, 0.25) is 0 Å². The Hall–Kier alpha value is -2.77. The van der Waals surface area contributed by atoms with Crippen LogP contribution in [0.1, 0.15) is 18.0 Å². The van der Waals surface area contributed by atoms with E-state index in [1.54, 1.807) is 48.5 Å². The van der Waals surface area contributed by atoms with Crippen LogP contribution in [0.3, 0.4) is 0 Å². The molecule has 0 aliphatic carbocycles. The van der Waals surface area contributed by atoms with E-state index >= 15 is 0 Å². The smallest absolute Gasteiger partial charge is 0.312 e. The molecule has 3 amide bonds. The highest BCUT2D eigenvalue weighted by Crippen LogP contribution is 2.25. The van der Waals surface area contributed by atoms with E-state index in [9.17, 15) is 14.4 Å². The SMILES string of the molecule is NC(=O)N[C@H](CC(=O)OCC(=O)Nc1cccc(Cl)c1)c1ccccc1Cl. The molecule has 0 saturated heterocycles. The zero-order chi connectivity index (χ0) is 19.8. The van der Waals surface area contributed by atoms with E-state index in [-0.39, 0.29) is 6.42 Å². The molecule has 27 heavy (non-hydrogen) atoms. The van der Waals surface area contributed by atoms with Crippen molar-refractivity contribution in [3.05, 3.63) is 64.1 Å². The first-order valence-corrected chi connectivity index (χ1v) is 8.62. The molecule has 7 nitrogen and oxygen atoms in total. The molecule has 0 spiro atoms. The molecule has 2 aromatic carbocycles. The maximum atomic E-state index is 12.1. The molecule has 0 heterocycles. The van der Waals surface area contributed by atoms with Crippen molar-refractivity contribution in [2.24, 2.45) is 5.73 Å². The van der Waals surface area contributed by atoms with Crippen LogP contribution in [0.2, 0.25) is 10.0 Å². The summed E-state index contributed by atoms with van der Waals surface area (Å²) >= 11 is 11.9. The van der Waals surface area contributed by atoms with Crippen LogP contribution in [0.5, 0.6) is 0 Å². The van der Waals surface area contributed by atoms with Gasteiger partial charge in [0.25, 0.3) is 5.91 Å². The number of urea groups is 1. The number of carbonyl (C=O) groups excluding carboxylic acids is 3. The molecular formula is C18H17Cl2N3O4. The van der Waals surface area contributed by atoms with E-state index in [4.69, 9.17) is 33.7 Å². The third-order valence-electron chi connectivity index (χ3n) is 3.44. The van der Waals surface area contributed by atoms with Gasteiger partial charge in [0.1, 0.15) is 0 Å². The molecule has 2 aromatic rings. The topological polar surface area (TPSA) is 111 Å². The lowest BCUT2D eigenvalue weighted by molar-refractivity contribution is -0.147. The summed E-state index contributed by atoms with van der Waals surface area (Å²) in [6.07, 6.45) is -0.239. The second kappa shape index (κ2) is 9.80. The zero-order valence-electron chi connectivity index (χ0n) is 14.1. The summed E-state index contributed by atoms with van der Waals surface area (Å²) in [5.74, 6) is -1.22. The first kappa shape index (κ1) is 20.5. The first-order valence-electron chi connectivity index (χ1n) is 7.86. The van der Waals surface area contributed by atoms with Gasteiger partial charge in [-0.25, -0.2) is 4.79 Å². The minimum atomic E-state index is -0.814. The quantitative estimate of drug-likeness (QED) is 0.609. The minimum absolute atomic E-state index is 0.239. The number of hydrogen-bond donors (Lipinski definition) is 3. The van der Waals surface area contributed by atoms with Crippen molar-refractivity contribution in [2.45, 2.75) is 12.5 Å². The Balaban J connectivity index is 1.92. The summed E-state index contributed by atoms with van der Waals surface area (Å²) < 4.78 is 4.96. The van der Waals surface area contributed by atoms with Crippen LogP contribution in [0, 0.1) is 0 Å². The Bertz CT molecular complexity index is 845. The van der Waals surface area contributed by atoms with Crippen molar-refractivity contribution in [2.75, 3.05) is 11.9 Å². The van der Waals surface area contributed by atoms with Crippen molar-refractivity contribution < 1.29 is 19.1 Å². The first-order chi connectivity index (χ1) is 12.8. The summed E-state index contributed by atoms with van der Waals surface area (Å²) in [4.78, 5) is 35.2. The van der Waals surface area contributed by atoms with E-state index in [1.807, 2.05) is 0 Å². The Kier molecular flexibility index (Phi) is 7.45. The molecule has 1 atom stereocenters. The molecule has 9 heteroatoms. The van der Waals surface area contributed by atoms with Crippen molar-refractivity contribution >= 4 is 46.8 Å². The fourth-order valence-electron chi connectivity index (χ4n) is 2.30. The molecule has 2 rings (SSSR count). The van der Waals surface area contributed by atoms with Gasteiger partial charge in [0.15, 0.2) is 6.61 Å². The van der Waals surface area contributed by atoms with Crippen molar-refractivity contribution in [3.8, 4) is 0 Å². The molecule has 0 fully saturated rings. The second-order valence-corrected chi connectivity index (χ2v) is 6.35. The number of nitrogens with one attached hydrogen (secondary N) is 2. The monoisotopic (exact) mass is 409 g/mol. The predicted octanol–water partition coefficient (Wildman–Crippen LogP) is 3.27. The molecule has 0 aromatic heterocycles. The van der Waals surface area contributed by atoms with Gasteiger partial charge in [0.05, 0.1) is 12.5 Å². The third-order valence-corrected chi connectivity index (χ3v) is 4.02. The fourth-order valence-corrected chi connectivity index (χ4v) is 2.76. The summed E-state index contributed by atoms with van der Waals surface area (Å²) in [6.45, 7) is -0.489. The van der Waals surface area contributed by atoms with Crippen LogP contribution in [-0.4, -0.2) is 24.5 Å². The van der Waals surface area contributed by atoms with E-state index in [2.05, 4.69) is 10.6 Å². The maximum Gasteiger partial charge on any atom is 0.312 e. The summed E-state index contributed by atoms with van der Waals surface area (Å²) in [6, 6.07) is 11.7. The Labute approximate surface area is 165 Å². The lowest BCUT2D eigenvalue weighted by Crippen LogP contribution is -2.35. The van der Waals surface area contributed by atoms with E-state index < -0.39 is 30.6 Å². The number of amides is 3. The highest BCUT2D eigenvalue weighted by molar-refractivity contribution is 6.31. The van der Waals surface area contributed by atoms with E-state index in [0.717, 1.165) is 0 Å². The lowest BCUT2D eigenvalue weighted by Gasteiger charge is -2.18. The third kappa shape index (κ3) is 6.80. The number of carbonyl (C=O) groups is 3. The van der Waals surface area contributed by atoms with E-state index in [0.29, 0.717) is 21.3 Å². The molecule has 0 radical (unpaired) electrons. The van der Waals surface area contributed by atoms with Crippen molar-refractivity contribution in [1.82, 2.24) is 5.32 Å². The van der Waals surface area contributed by atoms with Crippen LogP contribution in [0.4, 0.5) is 10.5 Å². The van der Waals surface area contributed by atoms with Crippen LogP contribution in [0.15, 0.2) is 48.5 Å². The van der Waals surface area contributed by atoms with Gasteiger partial charge in [-0.3, -0.25) is 9.59 Å². The molecule has 142 valence electrons. The summed E-state index contributed by atoms with van der Waals surface area (Å²) in [5.41, 5.74) is 6.15. The molecule has 0 aliphatic heterocycles. The van der Waals surface area contributed by atoms with Gasteiger partial charge in [-0.15, -0.1) is 0 Å². The largest absolute Gasteiger partial charge is 0.455 e. The number of benzene rings is 2. The Morgan fingerprint density at radius 2 is 1.81 bits per heavy atom. The average molecular weight is 410 g/mol. The summed E-state index contributed by atoms with van der Waals surface area (Å²) in [5, 5.41) is 5.82. The standard InChI is InChI=1S/C18H17Cl2N3O4/c19-11-4-3-5-12(8-11)22-16(24)10-27-17(25)9-15(23-18(21)26)13-6-1-2-7-14(13)20/h1-8,15H,9-10H2,(H,22,24)(H3,21,23,26)/t15-/m1/s1. The lowest BCUT2D eigenvalue weighted by atomic mass is 10.0. The maximum absolute atomic E-state index is 12.1. The number of halogens is 2. The molecule has 0 saturated carbocycles. The zero-order valence-corrected chi connectivity index (χ0v) is 15.6. The fraction of sp³-hybridized carbons (Fsp3) is 0.167. The normalized spacial score (nSPS) is 11.3. The molecule has 0 bridgehead atoms.